The van der Waals surface area contributed by atoms with Crippen LogP contribution in [-0.2, 0) is 0 Å². The molecule has 0 unspecified atom stereocenters. The summed E-state index contributed by atoms with van der Waals surface area (Å²) in [5.74, 6) is 0.564. The van der Waals surface area contributed by atoms with Crippen LogP contribution in [0.3, 0.4) is 0 Å². The number of benzene rings is 2. The number of phenolic OH excluding ortho intramolecular Hbond substituents is 1. The molecule has 0 saturated heterocycles. The number of amides is 2. The van der Waals surface area contributed by atoms with Crippen LogP contribution in [-0.4, -0.2) is 24.3 Å². The van der Waals surface area contributed by atoms with Crippen LogP contribution < -0.4 is 15.4 Å². The van der Waals surface area contributed by atoms with E-state index < -0.39 is 6.03 Å². The van der Waals surface area contributed by atoms with Crippen molar-refractivity contribution in [3.8, 4) is 11.5 Å². The number of halogens is 2. The molecule has 3 N–H and O–H groups in total. The van der Waals surface area contributed by atoms with Crippen LogP contribution in [0.5, 0.6) is 11.5 Å². The monoisotopic (exact) mass is 354 g/mol. The summed E-state index contributed by atoms with van der Waals surface area (Å²) in [4.78, 5) is 11.7. The molecule has 122 valence electrons. The lowest BCUT2D eigenvalue weighted by Gasteiger charge is -2.10. The van der Waals surface area contributed by atoms with Crippen LogP contribution in [0.4, 0.5) is 10.5 Å². The van der Waals surface area contributed by atoms with Gasteiger partial charge in [-0.1, -0.05) is 35.3 Å². The van der Waals surface area contributed by atoms with Gasteiger partial charge < -0.3 is 20.5 Å². The first kappa shape index (κ1) is 17.2. The molecule has 2 amide bonds. The predicted octanol–water partition coefficient (Wildman–Crippen LogP) is 4.29. The Hall–Kier alpha value is -2.11. The summed E-state index contributed by atoms with van der Waals surface area (Å²) in [6.07, 6.45) is 0.611. The summed E-state index contributed by atoms with van der Waals surface area (Å²) in [6.45, 7) is 0.837. The minimum atomic E-state index is -0.430. The van der Waals surface area contributed by atoms with Crippen LogP contribution in [0.15, 0.2) is 42.5 Å². The van der Waals surface area contributed by atoms with Gasteiger partial charge in [0, 0.05) is 11.6 Å². The maximum atomic E-state index is 11.7. The van der Waals surface area contributed by atoms with E-state index in [1.165, 1.54) is 18.2 Å². The van der Waals surface area contributed by atoms with Crippen molar-refractivity contribution in [3.63, 3.8) is 0 Å². The van der Waals surface area contributed by atoms with Crippen LogP contribution in [0, 0.1) is 0 Å². The number of carbonyl (C=O) groups excluding carboxylic acids is 1. The fraction of sp³-hybridized carbons (Fsp3) is 0.188. The van der Waals surface area contributed by atoms with E-state index in [1.807, 2.05) is 12.1 Å². The first-order chi connectivity index (χ1) is 11.1. The highest BCUT2D eigenvalue weighted by atomic mass is 35.5. The third-order valence-electron chi connectivity index (χ3n) is 2.91. The normalized spacial score (nSPS) is 10.2. The van der Waals surface area contributed by atoms with Gasteiger partial charge in [-0.2, -0.15) is 0 Å². The lowest BCUT2D eigenvalue weighted by Crippen LogP contribution is -2.30. The Bertz CT molecular complexity index is 680. The number of carbonyl (C=O) groups is 1. The van der Waals surface area contributed by atoms with Gasteiger partial charge in [0.1, 0.15) is 11.5 Å². The maximum absolute atomic E-state index is 11.7. The van der Waals surface area contributed by atoms with Gasteiger partial charge in [0.2, 0.25) is 0 Å². The van der Waals surface area contributed by atoms with Crippen molar-refractivity contribution in [3.05, 3.63) is 52.5 Å². The Labute approximate surface area is 144 Å². The highest BCUT2D eigenvalue weighted by Crippen LogP contribution is 2.26. The molecule has 2 aromatic carbocycles. The molecule has 2 rings (SSSR count). The molecule has 0 fully saturated rings. The second-order valence-electron chi connectivity index (χ2n) is 4.67. The molecule has 23 heavy (non-hydrogen) atoms. The predicted molar refractivity (Wildman–Crippen MR) is 91.7 cm³/mol. The number of nitrogens with one attached hydrogen (secondary N) is 2. The molecule has 0 heterocycles. The highest BCUT2D eigenvalue weighted by Gasteiger charge is 2.06. The zero-order chi connectivity index (χ0) is 16.7. The van der Waals surface area contributed by atoms with E-state index in [9.17, 15) is 9.90 Å². The minimum absolute atomic E-state index is 0.0494. The Balaban J connectivity index is 1.69. The summed E-state index contributed by atoms with van der Waals surface area (Å²) >= 11 is 11.8. The van der Waals surface area contributed by atoms with Crippen LogP contribution in [0.2, 0.25) is 10.0 Å². The lowest BCUT2D eigenvalue weighted by molar-refractivity contribution is 0.250. The van der Waals surface area contributed by atoms with Crippen molar-refractivity contribution in [2.75, 3.05) is 18.5 Å². The van der Waals surface area contributed by atoms with Gasteiger partial charge in [-0.15, -0.1) is 0 Å². The molecular weight excluding hydrogens is 339 g/mol. The Morgan fingerprint density at radius 3 is 2.74 bits per heavy atom. The number of hydrogen-bond acceptors (Lipinski definition) is 3. The standard InChI is InChI=1S/C16H16Cl2N2O3/c17-11-6-7-14(21)13(10-11)20-16(22)19-8-3-9-23-15-5-2-1-4-12(15)18/h1-2,4-7,10,21H,3,8-9H2,(H2,19,20,22). The van der Waals surface area contributed by atoms with Gasteiger partial charge in [-0.05, 0) is 36.8 Å². The van der Waals surface area contributed by atoms with Gasteiger partial charge >= 0.3 is 6.03 Å². The fourth-order valence-electron chi connectivity index (χ4n) is 1.79. The average molecular weight is 355 g/mol. The van der Waals surface area contributed by atoms with Crippen LogP contribution in [0.1, 0.15) is 6.42 Å². The molecule has 0 radical (unpaired) electrons. The second kappa shape index (κ2) is 8.50. The largest absolute Gasteiger partial charge is 0.506 e. The first-order valence-electron chi connectivity index (χ1n) is 6.97. The summed E-state index contributed by atoms with van der Waals surface area (Å²) in [7, 11) is 0. The van der Waals surface area contributed by atoms with Gasteiger partial charge in [0.25, 0.3) is 0 Å². The lowest BCUT2D eigenvalue weighted by atomic mass is 10.3. The van der Waals surface area contributed by atoms with Crippen LogP contribution >= 0.6 is 23.2 Å². The number of ether oxygens (including phenoxy) is 1. The Morgan fingerprint density at radius 1 is 1.17 bits per heavy atom. The summed E-state index contributed by atoms with van der Waals surface area (Å²) in [5, 5.41) is 15.8. The second-order valence-corrected chi connectivity index (χ2v) is 5.52. The molecule has 0 aromatic heterocycles. The van der Waals surface area contributed by atoms with Crippen molar-refractivity contribution >= 4 is 34.9 Å². The molecule has 0 aliphatic rings. The summed E-state index contributed by atoms with van der Waals surface area (Å²) < 4.78 is 5.51. The van der Waals surface area contributed by atoms with Crippen molar-refractivity contribution < 1.29 is 14.6 Å². The van der Waals surface area contributed by atoms with Crippen molar-refractivity contribution in [2.24, 2.45) is 0 Å². The number of aromatic hydroxyl groups is 1. The molecular formula is C16H16Cl2N2O3. The molecule has 0 spiro atoms. The van der Waals surface area contributed by atoms with Gasteiger partial charge in [0.05, 0.1) is 17.3 Å². The Kier molecular flexibility index (Phi) is 6.38. The third kappa shape index (κ3) is 5.54. The molecule has 0 aliphatic heterocycles. The smallest absolute Gasteiger partial charge is 0.319 e. The van der Waals surface area contributed by atoms with Crippen LogP contribution in [0.25, 0.3) is 0 Å². The number of rotatable bonds is 6. The molecule has 7 heteroatoms. The van der Waals surface area contributed by atoms with E-state index in [1.54, 1.807) is 12.1 Å². The number of urea groups is 1. The Morgan fingerprint density at radius 2 is 1.96 bits per heavy atom. The molecule has 0 aliphatic carbocycles. The molecule has 5 nitrogen and oxygen atoms in total. The SMILES string of the molecule is O=C(NCCCOc1ccccc1Cl)Nc1cc(Cl)ccc1O. The van der Waals surface area contributed by atoms with Crippen molar-refractivity contribution in [2.45, 2.75) is 6.42 Å². The number of hydrogen-bond donors (Lipinski definition) is 3. The summed E-state index contributed by atoms with van der Waals surface area (Å²) in [5.41, 5.74) is 0.252. The van der Waals surface area contributed by atoms with Gasteiger partial charge in [-0.25, -0.2) is 4.79 Å². The number of phenols is 1. The zero-order valence-electron chi connectivity index (χ0n) is 12.2. The quantitative estimate of drug-likeness (QED) is 0.535. The minimum Gasteiger partial charge on any atom is -0.506 e. The molecule has 2 aromatic rings. The maximum Gasteiger partial charge on any atom is 0.319 e. The van der Waals surface area contributed by atoms with E-state index in [2.05, 4.69) is 10.6 Å². The average Bonchev–Trinajstić information content (AvgIpc) is 2.52. The van der Waals surface area contributed by atoms with Crippen molar-refractivity contribution in [1.82, 2.24) is 5.32 Å². The van der Waals surface area contributed by atoms with E-state index >= 15 is 0 Å². The van der Waals surface area contributed by atoms with E-state index in [4.69, 9.17) is 27.9 Å². The molecule has 0 bridgehead atoms. The van der Waals surface area contributed by atoms with E-state index in [0.717, 1.165) is 0 Å². The topological polar surface area (TPSA) is 70.6 Å². The van der Waals surface area contributed by atoms with E-state index in [0.29, 0.717) is 35.4 Å². The number of anilines is 1. The fourth-order valence-corrected chi connectivity index (χ4v) is 2.16. The van der Waals surface area contributed by atoms with Gasteiger partial charge in [0.15, 0.2) is 0 Å². The van der Waals surface area contributed by atoms with E-state index in [-0.39, 0.29) is 11.4 Å². The van der Waals surface area contributed by atoms with Gasteiger partial charge in [-0.3, -0.25) is 0 Å². The zero-order valence-corrected chi connectivity index (χ0v) is 13.7. The molecule has 0 saturated carbocycles. The third-order valence-corrected chi connectivity index (χ3v) is 3.46. The molecule has 0 atom stereocenters. The number of para-hydroxylation sites is 1. The van der Waals surface area contributed by atoms with Crippen molar-refractivity contribution in [1.29, 1.82) is 0 Å². The highest BCUT2D eigenvalue weighted by molar-refractivity contribution is 6.32. The summed E-state index contributed by atoms with van der Waals surface area (Å²) in [6, 6.07) is 11.2. The first-order valence-corrected chi connectivity index (χ1v) is 7.72.